The first kappa shape index (κ1) is 9.01. The minimum Gasteiger partial charge on any atom is -0.389 e. The van der Waals surface area contributed by atoms with Crippen LogP contribution in [0.3, 0.4) is 0 Å². The molecule has 2 atom stereocenters. The molecule has 0 saturated heterocycles. The summed E-state index contributed by atoms with van der Waals surface area (Å²) < 4.78 is 0. The Kier molecular flexibility index (Phi) is 2.07. The van der Waals surface area contributed by atoms with Gasteiger partial charge in [-0.05, 0) is 30.6 Å². The summed E-state index contributed by atoms with van der Waals surface area (Å²) in [7, 11) is 0. The second kappa shape index (κ2) is 2.98. The number of hydrogen-bond donors (Lipinski definition) is 1. The van der Waals surface area contributed by atoms with Gasteiger partial charge >= 0.3 is 0 Å². The van der Waals surface area contributed by atoms with Crippen LogP contribution in [-0.4, -0.2) is 11.2 Å². The molecule has 0 amide bonds. The molecule has 2 aliphatic rings. The van der Waals surface area contributed by atoms with E-state index in [9.17, 15) is 5.11 Å². The first-order chi connectivity index (χ1) is 6.09. The maximum absolute atomic E-state index is 9.58. The number of aliphatic hydroxyl groups is 1. The average molecular weight is 178 g/mol. The molecule has 0 aromatic heterocycles. The van der Waals surface area contributed by atoms with Crippen LogP contribution in [0.25, 0.3) is 0 Å². The van der Waals surface area contributed by atoms with Crippen LogP contribution in [0.1, 0.15) is 33.1 Å². The summed E-state index contributed by atoms with van der Waals surface area (Å²) in [4.78, 5) is 0. The summed E-state index contributed by atoms with van der Waals surface area (Å²) in [6.07, 6.45) is 9.64. The van der Waals surface area contributed by atoms with Gasteiger partial charge in [0.15, 0.2) is 0 Å². The number of hydrogen-bond acceptors (Lipinski definition) is 1. The van der Waals surface area contributed by atoms with Crippen molar-refractivity contribution in [1.82, 2.24) is 0 Å². The molecule has 0 radical (unpaired) electrons. The van der Waals surface area contributed by atoms with Gasteiger partial charge in [0.1, 0.15) is 0 Å². The third kappa shape index (κ3) is 1.58. The van der Waals surface area contributed by atoms with Gasteiger partial charge in [-0.15, -0.1) is 0 Å². The van der Waals surface area contributed by atoms with Gasteiger partial charge < -0.3 is 5.11 Å². The maximum Gasteiger partial charge on any atom is 0.0724 e. The van der Waals surface area contributed by atoms with Crippen molar-refractivity contribution in [3.63, 3.8) is 0 Å². The van der Waals surface area contributed by atoms with Crippen LogP contribution >= 0.6 is 0 Å². The Morgan fingerprint density at radius 1 is 1.38 bits per heavy atom. The van der Waals surface area contributed by atoms with Crippen molar-refractivity contribution in [2.75, 3.05) is 0 Å². The zero-order valence-electron chi connectivity index (χ0n) is 8.46. The lowest BCUT2D eigenvalue weighted by Crippen LogP contribution is -2.28. The number of fused-ring (bicyclic) bond motifs is 1. The smallest absolute Gasteiger partial charge is 0.0724 e. The molecule has 0 spiro atoms. The van der Waals surface area contributed by atoms with E-state index in [0.717, 1.165) is 19.3 Å². The summed E-state index contributed by atoms with van der Waals surface area (Å²) in [6, 6.07) is 0. The highest BCUT2D eigenvalue weighted by Gasteiger charge is 2.33. The molecule has 72 valence electrons. The molecule has 0 aliphatic heterocycles. The topological polar surface area (TPSA) is 20.2 Å². The third-order valence-electron chi connectivity index (χ3n) is 3.32. The van der Waals surface area contributed by atoms with Crippen molar-refractivity contribution in [1.29, 1.82) is 0 Å². The van der Waals surface area contributed by atoms with E-state index in [1.165, 1.54) is 5.57 Å². The quantitative estimate of drug-likeness (QED) is 0.565. The molecule has 0 fully saturated rings. The molecule has 0 unspecified atom stereocenters. The van der Waals surface area contributed by atoms with E-state index in [1.54, 1.807) is 0 Å². The Bertz CT molecular complexity index is 260. The van der Waals surface area contributed by atoms with Gasteiger partial charge in [-0.1, -0.05) is 37.6 Å². The van der Waals surface area contributed by atoms with E-state index in [-0.39, 0.29) is 11.5 Å². The first-order valence-corrected chi connectivity index (χ1v) is 5.16. The predicted octanol–water partition coefficient (Wildman–Crippen LogP) is 2.67. The Balaban J connectivity index is 2.35. The first-order valence-electron chi connectivity index (χ1n) is 5.16. The van der Waals surface area contributed by atoms with Crippen molar-refractivity contribution < 1.29 is 5.11 Å². The molecule has 13 heavy (non-hydrogen) atoms. The molecule has 0 heterocycles. The lowest BCUT2D eigenvalue weighted by molar-refractivity contribution is 0.185. The Morgan fingerprint density at radius 2 is 2.15 bits per heavy atom. The van der Waals surface area contributed by atoms with Gasteiger partial charge in [-0.3, -0.25) is 0 Å². The van der Waals surface area contributed by atoms with Gasteiger partial charge in [-0.2, -0.15) is 0 Å². The predicted molar refractivity (Wildman–Crippen MR) is 54.4 cm³/mol. The normalized spacial score (nSPS) is 36.7. The Hall–Kier alpha value is -0.560. The van der Waals surface area contributed by atoms with Crippen molar-refractivity contribution >= 4 is 0 Å². The molecule has 0 bridgehead atoms. The monoisotopic (exact) mass is 178 g/mol. The van der Waals surface area contributed by atoms with Crippen LogP contribution in [0.4, 0.5) is 0 Å². The van der Waals surface area contributed by atoms with Gasteiger partial charge in [0.05, 0.1) is 6.10 Å². The summed E-state index contributed by atoms with van der Waals surface area (Å²) in [5.41, 5.74) is 1.72. The average Bonchev–Trinajstić information content (AvgIpc) is 2.06. The highest BCUT2D eigenvalue weighted by Crippen LogP contribution is 2.44. The fourth-order valence-corrected chi connectivity index (χ4v) is 2.49. The van der Waals surface area contributed by atoms with E-state index >= 15 is 0 Å². The SMILES string of the molecule is CC1(C)CC=C[C@@H]2CC[C@H](O)C=C21. The lowest BCUT2D eigenvalue weighted by atomic mass is 9.67. The summed E-state index contributed by atoms with van der Waals surface area (Å²) >= 11 is 0. The summed E-state index contributed by atoms with van der Waals surface area (Å²) in [5.74, 6) is 0.604. The molecule has 0 saturated carbocycles. The largest absolute Gasteiger partial charge is 0.389 e. The minimum atomic E-state index is -0.197. The lowest BCUT2D eigenvalue weighted by Gasteiger charge is -2.38. The van der Waals surface area contributed by atoms with Crippen molar-refractivity contribution in [2.24, 2.45) is 11.3 Å². The van der Waals surface area contributed by atoms with Gasteiger partial charge in [0, 0.05) is 0 Å². The fourth-order valence-electron chi connectivity index (χ4n) is 2.49. The number of aliphatic hydroxyl groups excluding tert-OH is 1. The molecule has 2 rings (SSSR count). The highest BCUT2D eigenvalue weighted by molar-refractivity contribution is 5.28. The van der Waals surface area contributed by atoms with Crippen molar-refractivity contribution in [3.05, 3.63) is 23.8 Å². The van der Waals surface area contributed by atoms with Crippen LogP contribution in [-0.2, 0) is 0 Å². The maximum atomic E-state index is 9.58. The number of allylic oxidation sites excluding steroid dienone is 3. The zero-order valence-corrected chi connectivity index (χ0v) is 8.46. The molecule has 1 nitrogen and oxygen atoms in total. The molecule has 1 heteroatoms. The van der Waals surface area contributed by atoms with E-state index in [0.29, 0.717) is 5.92 Å². The van der Waals surface area contributed by atoms with Crippen LogP contribution in [0.5, 0.6) is 0 Å². The minimum absolute atomic E-state index is 0.197. The molecular weight excluding hydrogens is 160 g/mol. The van der Waals surface area contributed by atoms with Crippen molar-refractivity contribution in [2.45, 2.75) is 39.2 Å². The fraction of sp³-hybridized carbons (Fsp3) is 0.667. The highest BCUT2D eigenvalue weighted by atomic mass is 16.3. The van der Waals surface area contributed by atoms with E-state index in [2.05, 4.69) is 32.1 Å². The van der Waals surface area contributed by atoms with E-state index in [1.807, 2.05) is 0 Å². The van der Waals surface area contributed by atoms with Gasteiger partial charge in [0.2, 0.25) is 0 Å². The van der Waals surface area contributed by atoms with Crippen LogP contribution in [0.2, 0.25) is 0 Å². The van der Waals surface area contributed by atoms with Gasteiger partial charge in [-0.25, -0.2) is 0 Å². The molecule has 2 aliphatic carbocycles. The Labute approximate surface area is 80.2 Å². The van der Waals surface area contributed by atoms with Gasteiger partial charge in [0.25, 0.3) is 0 Å². The van der Waals surface area contributed by atoms with E-state index < -0.39 is 0 Å². The summed E-state index contributed by atoms with van der Waals surface area (Å²) in [6.45, 7) is 4.54. The molecule has 1 N–H and O–H groups in total. The molecular formula is C12H18O. The zero-order chi connectivity index (χ0) is 9.47. The summed E-state index contributed by atoms with van der Waals surface area (Å²) in [5, 5.41) is 9.58. The second-order valence-electron chi connectivity index (χ2n) is 4.89. The standard InChI is InChI=1S/C12H18O/c1-12(2)7-3-4-9-5-6-10(13)8-11(9)12/h3-4,8-10,13H,5-7H2,1-2H3/t9-,10+/m1/s1. The molecule has 0 aromatic rings. The van der Waals surface area contributed by atoms with Crippen LogP contribution in [0.15, 0.2) is 23.8 Å². The Morgan fingerprint density at radius 3 is 2.92 bits per heavy atom. The van der Waals surface area contributed by atoms with Crippen molar-refractivity contribution in [3.8, 4) is 0 Å². The molecule has 0 aromatic carbocycles. The van der Waals surface area contributed by atoms with Crippen LogP contribution < -0.4 is 0 Å². The number of rotatable bonds is 0. The van der Waals surface area contributed by atoms with Crippen LogP contribution in [0, 0.1) is 11.3 Å². The second-order valence-corrected chi connectivity index (χ2v) is 4.89. The third-order valence-corrected chi connectivity index (χ3v) is 3.32. The van der Waals surface area contributed by atoms with E-state index in [4.69, 9.17) is 0 Å².